The highest BCUT2D eigenvalue weighted by molar-refractivity contribution is 5.55. The molecule has 2 aromatic carbocycles. The second-order valence-electron chi connectivity index (χ2n) is 6.26. The number of morpholine rings is 1. The highest BCUT2D eigenvalue weighted by atomic mass is 16.5. The minimum atomic E-state index is -0.0709. The van der Waals surface area contributed by atoms with E-state index < -0.39 is 0 Å². The molecule has 2 atom stereocenters. The number of hydrogen-bond donors (Lipinski definition) is 1. The zero-order valence-electron chi connectivity index (χ0n) is 14.6. The highest BCUT2D eigenvalue weighted by Gasteiger charge is 2.28. The van der Waals surface area contributed by atoms with Crippen molar-refractivity contribution < 1.29 is 14.0 Å². The smallest absolute Gasteiger partial charge is 0.246 e. The van der Waals surface area contributed by atoms with E-state index in [1.54, 1.807) is 0 Å². The Kier molecular flexibility index (Phi) is 4.95. The molecule has 134 valence electrons. The first-order valence-electron chi connectivity index (χ1n) is 8.75. The van der Waals surface area contributed by atoms with Gasteiger partial charge >= 0.3 is 0 Å². The summed E-state index contributed by atoms with van der Waals surface area (Å²) in [5.41, 5.74) is 2.02. The Morgan fingerprint density at radius 3 is 2.69 bits per heavy atom. The Labute approximate surface area is 152 Å². The number of nitrogens with one attached hydrogen (secondary N) is 1. The van der Waals surface area contributed by atoms with E-state index in [9.17, 15) is 0 Å². The molecule has 0 saturated carbocycles. The van der Waals surface area contributed by atoms with Gasteiger partial charge in [-0.25, -0.2) is 0 Å². The van der Waals surface area contributed by atoms with E-state index in [4.69, 9.17) is 14.0 Å². The van der Waals surface area contributed by atoms with Crippen molar-refractivity contribution in [1.82, 2.24) is 15.5 Å². The van der Waals surface area contributed by atoms with Crippen LogP contribution in [0.1, 0.15) is 24.4 Å². The summed E-state index contributed by atoms with van der Waals surface area (Å²) in [6.45, 7) is 4.01. The molecule has 1 aliphatic heterocycles. The van der Waals surface area contributed by atoms with E-state index in [1.807, 2.05) is 61.5 Å². The summed E-state index contributed by atoms with van der Waals surface area (Å²) in [5.74, 6) is 1.92. The molecule has 26 heavy (non-hydrogen) atoms. The van der Waals surface area contributed by atoms with Crippen molar-refractivity contribution in [3.8, 4) is 17.1 Å². The maximum absolute atomic E-state index is 5.81. The van der Waals surface area contributed by atoms with Crippen LogP contribution in [0.3, 0.4) is 0 Å². The van der Waals surface area contributed by atoms with E-state index in [0.717, 1.165) is 23.4 Å². The van der Waals surface area contributed by atoms with Crippen molar-refractivity contribution in [2.45, 2.75) is 25.7 Å². The summed E-state index contributed by atoms with van der Waals surface area (Å²) >= 11 is 0. The van der Waals surface area contributed by atoms with Gasteiger partial charge in [0, 0.05) is 12.1 Å². The molecule has 1 fully saturated rings. The largest absolute Gasteiger partial charge is 0.489 e. The standard InChI is InChI=1S/C20H21N3O3/c1-14-18(21-11-12-24-14)20-22-19(23-26-20)16-7-9-17(10-8-16)25-13-15-5-3-2-4-6-15/h2-10,14,18,21H,11-13H2,1H3/t14-,18+/m1/s1. The predicted molar refractivity (Wildman–Crippen MR) is 96.7 cm³/mol. The molecule has 1 N–H and O–H groups in total. The summed E-state index contributed by atoms with van der Waals surface area (Å²) in [7, 11) is 0. The van der Waals surface area contributed by atoms with Crippen LogP contribution >= 0.6 is 0 Å². The third kappa shape index (κ3) is 3.76. The van der Waals surface area contributed by atoms with Gasteiger partial charge in [0.05, 0.1) is 12.7 Å². The van der Waals surface area contributed by atoms with Gasteiger partial charge in [-0.15, -0.1) is 0 Å². The third-order valence-electron chi connectivity index (χ3n) is 4.39. The second kappa shape index (κ2) is 7.68. The van der Waals surface area contributed by atoms with Gasteiger partial charge in [0.1, 0.15) is 18.4 Å². The van der Waals surface area contributed by atoms with Gasteiger partial charge in [0.15, 0.2) is 0 Å². The molecule has 0 bridgehead atoms. The zero-order chi connectivity index (χ0) is 17.8. The van der Waals surface area contributed by atoms with Crippen molar-refractivity contribution in [2.24, 2.45) is 0 Å². The highest BCUT2D eigenvalue weighted by Crippen LogP contribution is 2.25. The number of aromatic nitrogens is 2. The number of ether oxygens (including phenoxy) is 2. The SMILES string of the molecule is C[C@H]1OCCN[C@@H]1c1nc(-c2ccc(OCc3ccccc3)cc2)no1. The molecular formula is C20H21N3O3. The Morgan fingerprint density at radius 2 is 1.92 bits per heavy atom. The Bertz CT molecular complexity index is 833. The topological polar surface area (TPSA) is 69.4 Å². The van der Waals surface area contributed by atoms with Gasteiger partial charge in [-0.2, -0.15) is 4.98 Å². The molecule has 6 heteroatoms. The first kappa shape index (κ1) is 16.8. The van der Waals surface area contributed by atoms with Gasteiger partial charge in [0.25, 0.3) is 0 Å². The lowest BCUT2D eigenvalue weighted by Crippen LogP contribution is -2.40. The van der Waals surface area contributed by atoms with Crippen LogP contribution in [0.15, 0.2) is 59.1 Å². The normalized spacial score (nSPS) is 20.0. The molecule has 0 unspecified atom stereocenters. The molecule has 6 nitrogen and oxygen atoms in total. The quantitative estimate of drug-likeness (QED) is 0.760. The average molecular weight is 351 g/mol. The van der Waals surface area contributed by atoms with Crippen LogP contribution in [0, 0.1) is 0 Å². The van der Waals surface area contributed by atoms with Crippen LogP contribution in [-0.4, -0.2) is 29.4 Å². The van der Waals surface area contributed by atoms with Crippen molar-refractivity contribution in [3.05, 3.63) is 66.1 Å². The lowest BCUT2D eigenvalue weighted by molar-refractivity contribution is -0.00136. The summed E-state index contributed by atoms with van der Waals surface area (Å²) in [6.07, 6.45) is 0.00538. The van der Waals surface area contributed by atoms with E-state index in [1.165, 1.54) is 0 Å². The molecular weight excluding hydrogens is 330 g/mol. The van der Waals surface area contributed by atoms with Crippen LogP contribution in [0.25, 0.3) is 11.4 Å². The van der Waals surface area contributed by atoms with Crippen LogP contribution < -0.4 is 10.1 Å². The Morgan fingerprint density at radius 1 is 1.12 bits per heavy atom. The van der Waals surface area contributed by atoms with Gasteiger partial charge < -0.3 is 19.3 Å². The third-order valence-corrected chi connectivity index (χ3v) is 4.39. The molecule has 2 heterocycles. The minimum Gasteiger partial charge on any atom is -0.489 e. The van der Waals surface area contributed by atoms with Gasteiger partial charge in [-0.05, 0) is 36.8 Å². The summed E-state index contributed by atoms with van der Waals surface area (Å²) < 4.78 is 16.9. The molecule has 1 aromatic heterocycles. The van der Waals surface area contributed by atoms with Gasteiger partial charge in [-0.3, -0.25) is 0 Å². The second-order valence-corrected chi connectivity index (χ2v) is 6.26. The lowest BCUT2D eigenvalue weighted by atomic mass is 10.1. The van der Waals surface area contributed by atoms with Crippen LogP contribution in [-0.2, 0) is 11.3 Å². The molecule has 3 aromatic rings. The minimum absolute atomic E-state index is 0.00538. The van der Waals surface area contributed by atoms with Crippen molar-refractivity contribution in [2.75, 3.05) is 13.2 Å². The number of rotatable bonds is 5. The first-order valence-corrected chi connectivity index (χ1v) is 8.75. The zero-order valence-corrected chi connectivity index (χ0v) is 14.6. The summed E-state index contributed by atoms with van der Waals surface area (Å²) in [4.78, 5) is 4.52. The Balaban J connectivity index is 1.42. The fraction of sp³-hybridized carbons (Fsp3) is 0.300. The van der Waals surface area contributed by atoms with Crippen LogP contribution in [0.2, 0.25) is 0 Å². The fourth-order valence-corrected chi connectivity index (χ4v) is 2.93. The number of hydrogen-bond acceptors (Lipinski definition) is 6. The first-order chi connectivity index (χ1) is 12.8. The monoisotopic (exact) mass is 351 g/mol. The van der Waals surface area contributed by atoms with E-state index >= 15 is 0 Å². The van der Waals surface area contributed by atoms with Gasteiger partial charge in [-0.1, -0.05) is 35.5 Å². The van der Waals surface area contributed by atoms with E-state index in [0.29, 0.717) is 24.9 Å². The van der Waals surface area contributed by atoms with Crippen LogP contribution in [0.4, 0.5) is 0 Å². The summed E-state index contributed by atoms with van der Waals surface area (Å²) in [6, 6.07) is 17.7. The summed E-state index contributed by atoms with van der Waals surface area (Å²) in [5, 5.41) is 7.45. The molecule has 0 spiro atoms. The maximum atomic E-state index is 5.81. The molecule has 0 radical (unpaired) electrons. The van der Waals surface area contributed by atoms with E-state index in [-0.39, 0.29) is 12.1 Å². The Hall–Kier alpha value is -2.70. The molecule has 1 saturated heterocycles. The maximum Gasteiger partial charge on any atom is 0.246 e. The number of nitrogens with zero attached hydrogens (tertiary/aromatic N) is 2. The van der Waals surface area contributed by atoms with Gasteiger partial charge in [0.2, 0.25) is 11.7 Å². The molecule has 4 rings (SSSR count). The van der Waals surface area contributed by atoms with Crippen molar-refractivity contribution in [1.29, 1.82) is 0 Å². The molecule has 0 aliphatic carbocycles. The molecule has 0 amide bonds. The lowest BCUT2D eigenvalue weighted by Gasteiger charge is -2.27. The average Bonchev–Trinajstić information content (AvgIpc) is 3.18. The van der Waals surface area contributed by atoms with E-state index in [2.05, 4.69) is 15.5 Å². The van der Waals surface area contributed by atoms with Crippen molar-refractivity contribution in [3.63, 3.8) is 0 Å². The number of benzene rings is 2. The van der Waals surface area contributed by atoms with Crippen LogP contribution in [0.5, 0.6) is 5.75 Å². The molecule has 1 aliphatic rings. The fourth-order valence-electron chi connectivity index (χ4n) is 2.93. The van der Waals surface area contributed by atoms with Crippen molar-refractivity contribution >= 4 is 0 Å². The predicted octanol–water partition coefficient (Wildman–Crippen LogP) is 3.37.